The summed E-state index contributed by atoms with van der Waals surface area (Å²) in [6, 6.07) is 12.1. The number of benzene rings is 2. The van der Waals surface area contributed by atoms with E-state index in [2.05, 4.69) is 4.98 Å². The molecular weight excluding hydrogens is 392 g/mol. The van der Waals surface area contributed by atoms with Crippen LogP contribution in [0.5, 0.6) is 11.5 Å². The molecule has 0 unspecified atom stereocenters. The lowest BCUT2D eigenvalue weighted by Crippen LogP contribution is -2.29. The fraction of sp³-hybridized carbons (Fsp3) is 0.0952. The van der Waals surface area contributed by atoms with Gasteiger partial charge in [0, 0.05) is 17.1 Å². The van der Waals surface area contributed by atoms with E-state index in [0.29, 0.717) is 16.3 Å². The molecule has 1 amide bonds. The largest absolute Gasteiger partial charge is 0.507 e. The van der Waals surface area contributed by atoms with Gasteiger partial charge in [0.05, 0.1) is 18.7 Å². The van der Waals surface area contributed by atoms with Gasteiger partial charge in [0.1, 0.15) is 5.76 Å². The van der Waals surface area contributed by atoms with Crippen molar-refractivity contribution < 1.29 is 24.5 Å². The summed E-state index contributed by atoms with van der Waals surface area (Å²) in [4.78, 5) is 31.2. The van der Waals surface area contributed by atoms with Gasteiger partial charge in [-0.05, 0) is 17.7 Å². The second-order valence-electron chi connectivity index (χ2n) is 6.28. The van der Waals surface area contributed by atoms with Gasteiger partial charge in [0.2, 0.25) is 0 Å². The number of thiazole rings is 1. The number of hydrogen-bond donors (Lipinski definition) is 2. The van der Waals surface area contributed by atoms with E-state index >= 15 is 0 Å². The van der Waals surface area contributed by atoms with Crippen molar-refractivity contribution in [1.29, 1.82) is 0 Å². The average Bonchev–Trinajstić information content (AvgIpc) is 3.36. The third kappa shape index (κ3) is 3.13. The van der Waals surface area contributed by atoms with Crippen LogP contribution in [0.1, 0.15) is 17.2 Å². The molecule has 4 rings (SSSR count). The lowest BCUT2D eigenvalue weighted by atomic mass is 9.95. The fourth-order valence-electron chi connectivity index (χ4n) is 3.30. The van der Waals surface area contributed by atoms with Gasteiger partial charge in [0.25, 0.3) is 5.78 Å². The van der Waals surface area contributed by atoms with E-state index in [1.807, 2.05) is 0 Å². The minimum absolute atomic E-state index is 0.0517. The monoisotopic (exact) mass is 408 g/mol. The molecule has 0 bridgehead atoms. The first-order valence-corrected chi connectivity index (χ1v) is 9.53. The number of amides is 1. The molecule has 29 heavy (non-hydrogen) atoms. The molecule has 1 saturated heterocycles. The van der Waals surface area contributed by atoms with Crippen molar-refractivity contribution in [2.75, 3.05) is 12.0 Å². The van der Waals surface area contributed by atoms with Crippen LogP contribution in [0.15, 0.2) is 65.7 Å². The molecule has 3 aromatic rings. The molecule has 2 aromatic carbocycles. The first kappa shape index (κ1) is 18.7. The summed E-state index contributed by atoms with van der Waals surface area (Å²) in [6.45, 7) is 0. The highest BCUT2D eigenvalue weighted by molar-refractivity contribution is 7.14. The molecule has 1 aromatic heterocycles. The number of nitrogens with zero attached hydrogens (tertiary/aromatic N) is 2. The highest BCUT2D eigenvalue weighted by Crippen LogP contribution is 2.44. The molecule has 2 N–H and O–H groups in total. The number of carbonyl (C=O) groups excluding carboxylic acids is 2. The van der Waals surface area contributed by atoms with E-state index in [1.54, 1.807) is 41.8 Å². The van der Waals surface area contributed by atoms with E-state index in [4.69, 9.17) is 4.74 Å². The summed E-state index contributed by atoms with van der Waals surface area (Å²) in [7, 11) is 1.40. The number of rotatable bonds is 4. The van der Waals surface area contributed by atoms with Crippen molar-refractivity contribution in [3.8, 4) is 11.5 Å². The van der Waals surface area contributed by atoms with Crippen molar-refractivity contribution in [2.45, 2.75) is 6.04 Å². The molecule has 8 heteroatoms. The van der Waals surface area contributed by atoms with Crippen LogP contribution >= 0.6 is 11.3 Å². The van der Waals surface area contributed by atoms with Crippen molar-refractivity contribution in [1.82, 2.24) is 4.98 Å². The van der Waals surface area contributed by atoms with Gasteiger partial charge in [-0.3, -0.25) is 14.5 Å². The van der Waals surface area contributed by atoms with Crippen LogP contribution in [-0.4, -0.2) is 34.0 Å². The maximum atomic E-state index is 12.9. The summed E-state index contributed by atoms with van der Waals surface area (Å²) >= 11 is 1.20. The van der Waals surface area contributed by atoms with Crippen LogP contribution < -0.4 is 9.64 Å². The fourth-order valence-corrected chi connectivity index (χ4v) is 3.96. The molecule has 1 aliphatic heterocycles. The van der Waals surface area contributed by atoms with Crippen molar-refractivity contribution in [3.05, 3.63) is 76.8 Å². The zero-order valence-electron chi connectivity index (χ0n) is 15.3. The number of methoxy groups -OCH3 is 1. The third-order valence-corrected chi connectivity index (χ3v) is 5.41. The van der Waals surface area contributed by atoms with Crippen LogP contribution in [0.3, 0.4) is 0 Å². The van der Waals surface area contributed by atoms with E-state index < -0.39 is 17.7 Å². The quantitative estimate of drug-likeness (QED) is 0.389. The maximum absolute atomic E-state index is 12.9. The number of aromatic nitrogens is 1. The Labute approximate surface area is 170 Å². The Hall–Kier alpha value is -3.65. The SMILES string of the molecule is COc1cc([C@H]2C(=C(O)c3ccccc3)C(=O)C(=O)N2c2nccs2)ccc1O. The first-order valence-electron chi connectivity index (χ1n) is 8.65. The molecule has 1 aliphatic rings. The number of aliphatic hydroxyl groups excluding tert-OH is 1. The van der Waals surface area contributed by atoms with Crippen molar-refractivity contribution >= 4 is 33.9 Å². The number of aliphatic hydroxyl groups is 1. The Morgan fingerprint density at radius 3 is 2.59 bits per heavy atom. The summed E-state index contributed by atoms with van der Waals surface area (Å²) in [5.41, 5.74) is 0.857. The number of phenolic OH excluding ortho intramolecular Hbond substituents is 1. The number of ketones is 1. The number of Topliss-reactive ketones (excluding diaryl/α,β-unsaturated/α-hetero) is 1. The molecule has 0 saturated carbocycles. The highest BCUT2D eigenvalue weighted by atomic mass is 32.1. The number of aromatic hydroxyl groups is 1. The number of ether oxygens (including phenoxy) is 1. The van der Waals surface area contributed by atoms with Gasteiger partial charge in [-0.25, -0.2) is 4.98 Å². The highest BCUT2D eigenvalue weighted by Gasteiger charge is 2.48. The summed E-state index contributed by atoms with van der Waals surface area (Å²) in [5, 5.41) is 22.9. The topological polar surface area (TPSA) is 100.0 Å². The molecule has 1 fully saturated rings. The molecule has 7 nitrogen and oxygen atoms in total. The summed E-state index contributed by atoms with van der Waals surface area (Å²) < 4.78 is 5.18. The van der Waals surface area contributed by atoms with Gasteiger partial charge < -0.3 is 14.9 Å². The maximum Gasteiger partial charge on any atom is 0.301 e. The van der Waals surface area contributed by atoms with Gasteiger partial charge in [-0.2, -0.15) is 0 Å². The second kappa shape index (κ2) is 7.40. The molecule has 1 atom stereocenters. The minimum atomic E-state index is -0.921. The Morgan fingerprint density at radius 2 is 1.93 bits per heavy atom. The van der Waals surface area contributed by atoms with Crippen LogP contribution in [-0.2, 0) is 9.59 Å². The first-order chi connectivity index (χ1) is 14.0. The van der Waals surface area contributed by atoms with Gasteiger partial charge in [-0.15, -0.1) is 11.3 Å². The Balaban J connectivity index is 1.96. The predicted molar refractivity (Wildman–Crippen MR) is 108 cm³/mol. The lowest BCUT2D eigenvalue weighted by Gasteiger charge is -2.23. The minimum Gasteiger partial charge on any atom is -0.507 e. The van der Waals surface area contributed by atoms with Crippen LogP contribution in [0, 0.1) is 0 Å². The Kier molecular flexibility index (Phi) is 4.77. The Bertz CT molecular complexity index is 1110. The van der Waals surface area contributed by atoms with Crippen molar-refractivity contribution in [3.63, 3.8) is 0 Å². The number of phenols is 1. The molecule has 0 aliphatic carbocycles. The normalized spacial score (nSPS) is 18.2. The predicted octanol–water partition coefficient (Wildman–Crippen LogP) is 3.48. The number of carbonyl (C=O) groups is 2. The molecular formula is C21H16N2O5S. The van der Waals surface area contributed by atoms with Crippen LogP contribution in [0.4, 0.5) is 5.13 Å². The van der Waals surface area contributed by atoms with Gasteiger partial charge >= 0.3 is 5.91 Å². The van der Waals surface area contributed by atoms with Crippen LogP contribution in [0.2, 0.25) is 0 Å². The second-order valence-corrected chi connectivity index (χ2v) is 7.15. The average molecular weight is 408 g/mol. The zero-order chi connectivity index (χ0) is 20.5. The van der Waals surface area contributed by atoms with E-state index in [-0.39, 0.29) is 22.8 Å². The third-order valence-electron chi connectivity index (χ3n) is 4.64. The van der Waals surface area contributed by atoms with E-state index in [0.717, 1.165) is 0 Å². The van der Waals surface area contributed by atoms with Gasteiger partial charge in [-0.1, -0.05) is 36.4 Å². The lowest BCUT2D eigenvalue weighted by molar-refractivity contribution is -0.132. The molecule has 0 radical (unpaired) electrons. The summed E-state index contributed by atoms with van der Waals surface area (Å²) in [5.74, 6) is -1.76. The smallest absolute Gasteiger partial charge is 0.301 e. The molecule has 146 valence electrons. The number of anilines is 1. The van der Waals surface area contributed by atoms with Crippen molar-refractivity contribution in [2.24, 2.45) is 0 Å². The van der Waals surface area contributed by atoms with Gasteiger partial charge in [0.15, 0.2) is 16.6 Å². The molecule has 0 spiro atoms. The van der Waals surface area contributed by atoms with Crippen LogP contribution in [0.25, 0.3) is 5.76 Å². The standard InChI is InChI=1S/C21H16N2O5S/c1-28-15-11-13(7-8-14(15)24)17-16(18(25)12-5-3-2-4-6-12)19(26)20(27)23(17)21-22-9-10-29-21/h2-11,17,24-25H,1H3/t17-/m0/s1. The Morgan fingerprint density at radius 1 is 1.17 bits per heavy atom. The zero-order valence-corrected chi connectivity index (χ0v) is 16.1. The number of hydrogen-bond acceptors (Lipinski definition) is 7. The van der Waals surface area contributed by atoms with E-state index in [1.165, 1.54) is 41.7 Å². The van der Waals surface area contributed by atoms with E-state index in [9.17, 15) is 19.8 Å². The summed E-state index contributed by atoms with van der Waals surface area (Å²) in [6.07, 6.45) is 1.53. The molecule has 2 heterocycles.